The Morgan fingerprint density at radius 2 is 1.85 bits per heavy atom. The van der Waals surface area contributed by atoms with Gasteiger partial charge in [-0.05, 0) is 68.8 Å². The summed E-state index contributed by atoms with van der Waals surface area (Å²) in [4.78, 5) is 12.5. The number of hydrogen-bond acceptors (Lipinski definition) is 3. The molecule has 1 amide bonds. The summed E-state index contributed by atoms with van der Waals surface area (Å²) in [6.07, 6.45) is 10.2. The second-order valence-corrected chi connectivity index (χ2v) is 8.08. The van der Waals surface area contributed by atoms with Gasteiger partial charge in [-0.25, -0.2) is 0 Å². The molecule has 1 heterocycles. The molecule has 0 aromatic heterocycles. The summed E-state index contributed by atoms with van der Waals surface area (Å²) in [5, 5.41) is 6.67. The lowest BCUT2D eigenvalue weighted by Gasteiger charge is -2.38. The molecule has 0 atom stereocenters. The van der Waals surface area contributed by atoms with Gasteiger partial charge in [0.05, 0.1) is 7.11 Å². The highest BCUT2D eigenvalue weighted by atomic mass is 16.5. The van der Waals surface area contributed by atoms with Gasteiger partial charge in [-0.15, -0.1) is 0 Å². The summed E-state index contributed by atoms with van der Waals surface area (Å²) in [5.41, 5.74) is 1.44. The third-order valence-corrected chi connectivity index (χ3v) is 6.38. The van der Waals surface area contributed by atoms with E-state index in [1.807, 2.05) is 12.1 Å². The van der Waals surface area contributed by atoms with Crippen molar-refractivity contribution in [3.05, 3.63) is 29.8 Å². The molecule has 1 saturated heterocycles. The molecule has 3 rings (SSSR count). The van der Waals surface area contributed by atoms with Crippen molar-refractivity contribution in [3.63, 3.8) is 0 Å². The van der Waals surface area contributed by atoms with E-state index in [2.05, 4.69) is 22.8 Å². The predicted molar refractivity (Wildman–Crippen MR) is 106 cm³/mol. The van der Waals surface area contributed by atoms with Crippen molar-refractivity contribution < 1.29 is 9.53 Å². The molecule has 4 heteroatoms. The van der Waals surface area contributed by atoms with Crippen molar-refractivity contribution in [2.75, 3.05) is 26.7 Å². The first-order valence-electron chi connectivity index (χ1n) is 10.3. The largest absolute Gasteiger partial charge is 0.497 e. The second kappa shape index (κ2) is 9.40. The van der Waals surface area contributed by atoms with Crippen LogP contribution in [0.4, 0.5) is 0 Å². The van der Waals surface area contributed by atoms with Gasteiger partial charge < -0.3 is 15.4 Å². The van der Waals surface area contributed by atoms with E-state index in [-0.39, 0.29) is 11.3 Å². The number of ether oxygens (including phenoxy) is 1. The van der Waals surface area contributed by atoms with Crippen LogP contribution in [0.3, 0.4) is 0 Å². The Kier molecular flexibility index (Phi) is 6.95. The monoisotopic (exact) mass is 358 g/mol. The fraction of sp³-hybridized carbons (Fsp3) is 0.682. The molecule has 0 spiro atoms. The molecule has 1 aliphatic heterocycles. The van der Waals surface area contributed by atoms with Crippen LogP contribution in [-0.4, -0.2) is 32.7 Å². The molecule has 2 aliphatic rings. The third-order valence-electron chi connectivity index (χ3n) is 6.38. The van der Waals surface area contributed by atoms with Crippen molar-refractivity contribution in [1.29, 1.82) is 0 Å². The molecule has 2 fully saturated rings. The molecule has 26 heavy (non-hydrogen) atoms. The first kappa shape index (κ1) is 19.2. The van der Waals surface area contributed by atoms with E-state index in [9.17, 15) is 4.79 Å². The van der Waals surface area contributed by atoms with E-state index in [1.54, 1.807) is 7.11 Å². The van der Waals surface area contributed by atoms with Crippen LogP contribution >= 0.6 is 0 Å². The average molecular weight is 359 g/mol. The topological polar surface area (TPSA) is 50.4 Å². The van der Waals surface area contributed by atoms with Crippen LogP contribution < -0.4 is 15.4 Å². The van der Waals surface area contributed by atoms with Gasteiger partial charge in [0.25, 0.3) is 0 Å². The smallest absolute Gasteiger partial charge is 0.220 e. The normalized spacial score (nSPS) is 20.5. The number of benzene rings is 1. The molecular weight excluding hydrogens is 324 g/mol. The van der Waals surface area contributed by atoms with E-state index in [1.165, 1.54) is 37.7 Å². The number of carbonyl (C=O) groups is 1. The number of hydrogen-bond donors (Lipinski definition) is 2. The molecule has 1 aliphatic carbocycles. The van der Waals surface area contributed by atoms with Crippen LogP contribution in [0.25, 0.3) is 0 Å². The number of amides is 1. The van der Waals surface area contributed by atoms with Gasteiger partial charge in [-0.1, -0.05) is 31.4 Å². The fourth-order valence-electron chi connectivity index (χ4n) is 4.60. The van der Waals surface area contributed by atoms with E-state index in [0.717, 1.165) is 44.6 Å². The zero-order chi connectivity index (χ0) is 18.2. The van der Waals surface area contributed by atoms with Crippen molar-refractivity contribution in [2.24, 2.45) is 5.92 Å². The fourth-order valence-corrected chi connectivity index (χ4v) is 4.60. The summed E-state index contributed by atoms with van der Waals surface area (Å²) >= 11 is 0. The quantitative estimate of drug-likeness (QED) is 0.780. The standard InChI is InChI=1S/C22H34N2O2/c1-26-20-8-6-19(7-9-20)22(13-3-2-4-14-22)17-24-21(25)10-5-18-11-15-23-16-12-18/h6-9,18,23H,2-5,10-17H2,1H3,(H,24,25). The lowest BCUT2D eigenvalue weighted by Crippen LogP contribution is -2.42. The van der Waals surface area contributed by atoms with E-state index in [4.69, 9.17) is 4.74 Å². The first-order chi connectivity index (χ1) is 12.7. The number of methoxy groups -OCH3 is 1. The Balaban J connectivity index is 1.56. The first-order valence-corrected chi connectivity index (χ1v) is 10.3. The van der Waals surface area contributed by atoms with Gasteiger partial charge in [-0.3, -0.25) is 4.79 Å². The number of nitrogens with one attached hydrogen (secondary N) is 2. The highest BCUT2D eigenvalue weighted by Gasteiger charge is 2.34. The van der Waals surface area contributed by atoms with Gasteiger partial charge in [0.15, 0.2) is 0 Å². The van der Waals surface area contributed by atoms with Gasteiger partial charge in [0.1, 0.15) is 5.75 Å². The van der Waals surface area contributed by atoms with E-state index >= 15 is 0 Å². The lowest BCUT2D eigenvalue weighted by molar-refractivity contribution is -0.121. The third kappa shape index (κ3) is 5.00. The molecule has 0 unspecified atom stereocenters. The molecule has 4 nitrogen and oxygen atoms in total. The molecule has 0 bridgehead atoms. The summed E-state index contributed by atoms with van der Waals surface area (Å²) in [7, 11) is 1.70. The number of piperidine rings is 1. The minimum Gasteiger partial charge on any atom is -0.497 e. The lowest BCUT2D eigenvalue weighted by atomic mass is 9.69. The van der Waals surface area contributed by atoms with E-state index < -0.39 is 0 Å². The Morgan fingerprint density at radius 3 is 2.50 bits per heavy atom. The maximum absolute atomic E-state index is 12.5. The van der Waals surface area contributed by atoms with Gasteiger partial charge in [-0.2, -0.15) is 0 Å². The molecule has 1 saturated carbocycles. The predicted octanol–water partition coefficient (Wildman–Crippen LogP) is 3.79. The van der Waals surface area contributed by atoms with Crippen LogP contribution in [0.15, 0.2) is 24.3 Å². The van der Waals surface area contributed by atoms with Crippen molar-refractivity contribution in [2.45, 2.75) is 63.2 Å². The molecular formula is C22H34N2O2. The highest BCUT2D eigenvalue weighted by molar-refractivity contribution is 5.76. The molecule has 0 radical (unpaired) electrons. The SMILES string of the molecule is COc1ccc(C2(CNC(=O)CCC3CCNCC3)CCCCC2)cc1. The minimum atomic E-state index is 0.0922. The molecule has 1 aromatic rings. The van der Waals surface area contributed by atoms with Crippen molar-refractivity contribution in [3.8, 4) is 5.75 Å². The van der Waals surface area contributed by atoms with Crippen LogP contribution in [0.2, 0.25) is 0 Å². The minimum absolute atomic E-state index is 0.0922. The van der Waals surface area contributed by atoms with Gasteiger partial charge in [0.2, 0.25) is 5.91 Å². The van der Waals surface area contributed by atoms with Gasteiger partial charge >= 0.3 is 0 Å². The Labute approximate surface area is 158 Å². The maximum Gasteiger partial charge on any atom is 0.220 e. The van der Waals surface area contributed by atoms with Crippen LogP contribution in [0.5, 0.6) is 5.75 Å². The van der Waals surface area contributed by atoms with Gasteiger partial charge in [0, 0.05) is 18.4 Å². The van der Waals surface area contributed by atoms with Crippen LogP contribution in [0, 0.1) is 5.92 Å². The summed E-state index contributed by atoms with van der Waals surface area (Å²) in [6.45, 7) is 2.98. The Morgan fingerprint density at radius 1 is 1.15 bits per heavy atom. The summed E-state index contributed by atoms with van der Waals surface area (Å²) in [5.74, 6) is 1.83. The molecule has 2 N–H and O–H groups in total. The van der Waals surface area contributed by atoms with Crippen LogP contribution in [0.1, 0.15) is 63.4 Å². The van der Waals surface area contributed by atoms with Crippen molar-refractivity contribution in [1.82, 2.24) is 10.6 Å². The number of rotatable bonds is 7. The Bertz CT molecular complexity index is 558. The van der Waals surface area contributed by atoms with Crippen molar-refractivity contribution >= 4 is 5.91 Å². The molecule has 144 valence electrons. The maximum atomic E-state index is 12.5. The second-order valence-electron chi connectivity index (χ2n) is 8.08. The van der Waals surface area contributed by atoms with Crippen LogP contribution in [-0.2, 0) is 10.2 Å². The average Bonchev–Trinajstić information content (AvgIpc) is 2.72. The summed E-state index contributed by atoms with van der Waals surface area (Å²) in [6, 6.07) is 8.46. The Hall–Kier alpha value is -1.55. The highest BCUT2D eigenvalue weighted by Crippen LogP contribution is 2.39. The molecule has 1 aromatic carbocycles. The zero-order valence-electron chi connectivity index (χ0n) is 16.2. The zero-order valence-corrected chi connectivity index (χ0v) is 16.2. The number of carbonyl (C=O) groups excluding carboxylic acids is 1. The summed E-state index contributed by atoms with van der Waals surface area (Å²) < 4.78 is 5.30. The van der Waals surface area contributed by atoms with E-state index in [0.29, 0.717) is 12.3 Å².